The molecule has 0 unspecified atom stereocenters. The number of piperidine rings is 1. The lowest BCUT2D eigenvalue weighted by atomic mass is 9.78. The number of carbonyl (C=O) groups is 1. The molecule has 2 saturated heterocycles. The Labute approximate surface area is 158 Å². The molecule has 2 aliphatic rings. The van der Waals surface area contributed by atoms with Crippen molar-refractivity contribution in [3.05, 3.63) is 29.8 Å². The van der Waals surface area contributed by atoms with Gasteiger partial charge < -0.3 is 20.1 Å². The molecule has 0 aromatic heterocycles. The number of carbonyl (C=O) groups excluding carboxylic acids is 1. The third kappa shape index (κ3) is 4.45. The Morgan fingerprint density at radius 1 is 1.27 bits per heavy atom. The van der Waals surface area contributed by atoms with Gasteiger partial charge in [-0.2, -0.15) is 0 Å². The maximum Gasteiger partial charge on any atom is 0.230 e. The van der Waals surface area contributed by atoms with Crippen molar-refractivity contribution in [1.29, 1.82) is 0 Å². The average Bonchev–Trinajstić information content (AvgIpc) is 2.64. The minimum Gasteiger partial charge on any atom is -0.487 e. The molecule has 3 rings (SSSR count). The Morgan fingerprint density at radius 3 is 2.50 bits per heavy atom. The molecular weight excluding hydrogens is 366 g/mol. The Kier molecular flexibility index (Phi) is 7.20. The first kappa shape index (κ1) is 20.9. The van der Waals surface area contributed by atoms with Gasteiger partial charge >= 0.3 is 0 Å². The first-order valence-electron chi connectivity index (χ1n) is 8.73. The van der Waals surface area contributed by atoms with E-state index in [1.165, 1.54) is 12.1 Å². The maximum absolute atomic E-state index is 13.7. The molecular formula is C18H25ClF2N2O3. The summed E-state index contributed by atoms with van der Waals surface area (Å²) in [6, 6.07) is 3.28. The molecule has 5 nitrogen and oxygen atoms in total. The van der Waals surface area contributed by atoms with E-state index in [4.69, 9.17) is 15.2 Å². The smallest absolute Gasteiger partial charge is 0.230 e. The second-order valence-electron chi connectivity index (χ2n) is 6.78. The van der Waals surface area contributed by atoms with Crippen molar-refractivity contribution in [2.45, 2.75) is 31.8 Å². The van der Waals surface area contributed by atoms with Gasteiger partial charge in [-0.05, 0) is 25.0 Å². The molecule has 2 fully saturated rings. The third-order valence-corrected chi connectivity index (χ3v) is 5.21. The predicted octanol–water partition coefficient (Wildman–Crippen LogP) is 2.51. The van der Waals surface area contributed by atoms with Gasteiger partial charge in [0.1, 0.15) is 11.9 Å². The fourth-order valence-corrected chi connectivity index (χ4v) is 3.53. The lowest BCUT2D eigenvalue weighted by Crippen LogP contribution is -2.53. The Morgan fingerprint density at radius 2 is 1.92 bits per heavy atom. The van der Waals surface area contributed by atoms with E-state index in [-0.39, 0.29) is 30.2 Å². The van der Waals surface area contributed by atoms with E-state index >= 15 is 0 Å². The topological polar surface area (TPSA) is 64.8 Å². The van der Waals surface area contributed by atoms with Gasteiger partial charge in [-0.25, -0.2) is 8.78 Å². The van der Waals surface area contributed by atoms with Gasteiger partial charge in [0.2, 0.25) is 5.91 Å². The zero-order valence-electron chi connectivity index (χ0n) is 14.6. The van der Waals surface area contributed by atoms with Crippen molar-refractivity contribution in [3.63, 3.8) is 0 Å². The molecule has 2 aliphatic heterocycles. The van der Waals surface area contributed by atoms with Crippen molar-refractivity contribution < 1.29 is 23.0 Å². The standard InChI is InChI=1S/C18H24F2N2O3.ClH/c19-13-1-2-16(15(20)11-13)25-14-3-7-22(8-4-14)17(23)18(12-21)5-9-24-10-6-18;/h1-2,11,14H,3-10,12,21H2;1H. The molecule has 0 radical (unpaired) electrons. The van der Waals surface area contributed by atoms with Crippen LogP contribution in [0, 0.1) is 17.0 Å². The number of halogens is 3. The van der Waals surface area contributed by atoms with E-state index in [0.717, 1.165) is 6.07 Å². The summed E-state index contributed by atoms with van der Waals surface area (Å²) in [4.78, 5) is 14.7. The summed E-state index contributed by atoms with van der Waals surface area (Å²) in [5.41, 5.74) is 5.39. The summed E-state index contributed by atoms with van der Waals surface area (Å²) >= 11 is 0. The van der Waals surface area contributed by atoms with E-state index in [9.17, 15) is 13.6 Å². The second kappa shape index (κ2) is 8.97. The molecule has 0 bridgehead atoms. The fourth-order valence-electron chi connectivity index (χ4n) is 3.53. The van der Waals surface area contributed by atoms with Gasteiger partial charge in [-0.3, -0.25) is 4.79 Å². The van der Waals surface area contributed by atoms with Crippen LogP contribution in [0.1, 0.15) is 25.7 Å². The van der Waals surface area contributed by atoms with E-state index in [2.05, 4.69) is 0 Å². The summed E-state index contributed by atoms with van der Waals surface area (Å²) in [6.45, 7) is 2.55. The summed E-state index contributed by atoms with van der Waals surface area (Å²) in [5, 5.41) is 0. The average molecular weight is 391 g/mol. The van der Waals surface area contributed by atoms with Gasteiger partial charge in [0, 0.05) is 51.8 Å². The molecule has 1 aromatic rings. The number of nitrogens with two attached hydrogens (primary N) is 1. The molecule has 1 aromatic carbocycles. The number of likely N-dealkylation sites (tertiary alicyclic amines) is 1. The Hall–Kier alpha value is -1.44. The Bertz CT molecular complexity index is 618. The molecule has 26 heavy (non-hydrogen) atoms. The summed E-state index contributed by atoms with van der Waals surface area (Å²) in [7, 11) is 0. The number of amides is 1. The van der Waals surface area contributed by atoms with Crippen LogP contribution in [0.3, 0.4) is 0 Å². The van der Waals surface area contributed by atoms with Crippen LogP contribution in [0.2, 0.25) is 0 Å². The van der Waals surface area contributed by atoms with Crippen molar-refractivity contribution in [1.82, 2.24) is 4.90 Å². The van der Waals surface area contributed by atoms with Gasteiger partial charge in [-0.15, -0.1) is 12.4 Å². The summed E-state index contributed by atoms with van der Waals surface area (Å²) in [6.07, 6.45) is 2.34. The highest BCUT2D eigenvalue weighted by Gasteiger charge is 2.42. The molecule has 0 aliphatic carbocycles. The van der Waals surface area contributed by atoms with Crippen LogP contribution in [0.25, 0.3) is 0 Å². The van der Waals surface area contributed by atoms with Crippen LogP contribution in [0.4, 0.5) is 8.78 Å². The lowest BCUT2D eigenvalue weighted by molar-refractivity contribution is -0.149. The number of ether oxygens (including phenoxy) is 2. The van der Waals surface area contributed by atoms with E-state index in [0.29, 0.717) is 58.5 Å². The first-order valence-corrected chi connectivity index (χ1v) is 8.73. The Balaban J connectivity index is 0.00000243. The fraction of sp³-hybridized carbons (Fsp3) is 0.611. The van der Waals surface area contributed by atoms with E-state index < -0.39 is 17.0 Å². The van der Waals surface area contributed by atoms with Crippen LogP contribution in [-0.4, -0.2) is 49.8 Å². The van der Waals surface area contributed by atoms with E-state index in [1.807, 2.05) is 4.90 Å². The van der Waals surface area contributed by atoms with Gasteiger partial charge in [0.25, 0.3) is 0 Å². The van der Waals surface area contributed by atoms with Gasteiger partial charge in [-0.1, -0.05) is 0 Å². The minimum absolute atomic E-state index is 0. The number of benzene rings is 1. The first-order chi connectivity index (χ1) is 12.0. The van der Waals surface area contributed by atoms with Crippen molar-refractivity contribution in [2.24, 2.45) is 11.1 Å². The monoisotopic (exact) mass is 390 g/mol. The van der Waals surface area contributed by atoms with Crippen LogP contribution in [0.5, 0.6) is 5.75 Å². The van der Waals surface area contributed by atoms with Crippen molar-refractivity contribution >= 4 is 18.3 Å². The normalized spacial score (nSPS) is 20.3. The molecule has 146 valence electrons. The molecule has 0 spiro atoms. The summed E-state index contributed by atoms with van der Waals surface area (Å²) in [5.74, 6) is -1.20. The predicted molar refractivity (Wildman–Crippen MR) is 95.4 cm³/mol. The molecule has 2 N–H and O–H groups in total. The minimum atomic E-state index is -0.706. The highest BCUT2D eigenvalue weighted by atomic mass is 35.5. The zero-order chi connectivity index (χ0) is 17.9. The highest BCUT2D eigenvalue weighted by molar-refractivity contribution is 5.85. The molecule has 0 saturated carbocycles. The lowest BCUT2D eigenvalue weighted by Gasteiger charge is -2.41. The number of rotatable bonds is 4. The van der Waals surface area contributed by atoms with Crippen LogP contribution >= 0.6 is 12.4 Å². The van der Waals surface area contributed by atoms with Crippen molar-refractivity contribution in [2.75, 3.05) is 32.8 Å². The van der Waals surface area contributed by atoms with Crippen LogP contribution in [-0.2, 0) is 9.53 Å². The molecule has 1 amide bonds. The third-order valence-electron chi connectivity index (χ3n) is 5.21. The zero-order valence-corrected chi connectivity index (χ0v) is 15.4. The quantitative estimate of drug-likeness (QED) is 0.858. The number of hydrogen-bond donors (Lipinski definition) is 1. The van der Waals surface area contributed by atoms with Gasteiger partial charge in [0.15, 0.2) is 11.6 Å². The SMILES string of the molecule is Cl.NCC1(C(=O)N2CCC(Oc3ccc(F)cc3F)CC2)CCOCC1. The van der Waals surface area contributed by atoms with Crippen molar-refractivity contribution in [3.8, 4) is 5.75 Å². The maximum atomic E-state index is 13.7. The van der Waals surface area contributed by atoms with E-state index in [1.54, 1.807) is 0 Å². The van der Waals surface area contributed by atoms with Crippen LogP contribution < -0.4 is 10.5 Å². The highest BCUT2D eigenvalue weighted by Crippen LogP contribution is 2.33. The second-order valence-corrected chi connectivity index (χ2v) is 6.78. The largest absolute Gasteiger partial charge is 0.487 e. The number of hydrogen-bond acceptors (Lipinski definition) is 4. The number of nitrogens with zero attached hydrogens (tertiary/aromatic N) is 1. The molecule has 2 heterocycles. The summed E-state index contributed by atoms with van der Waals surface area (Å²) < 4.78 is 37.6. The van der Waals surface area contributed by atoms with Crippen LogP contribution in [0.15, 0.2) is 18.2 Å². The molecule has 0 atom stereocenters. The molecule has 8 heteroatoms. The van der Waals surface area contributed by atoms with Gasteiger partial charge in [0.05, 0.1) is 5.41 Å².